The van der Waals surface area contributed by atoms with Gasteiger partial charge < -0.3 is 20.2 Å². The van der Waals surface area contributed by atoms with Crippen LogP contribution < -0.4 is 0 Å². The van der Waals surface area contributed by atoms with Gasteiger partial charge in [0.15, 0.2) is 0 Å². The van der Waals surface area contributed by atoms with Crippen LogP contribution in [-0.4, -0.2) is 58.7 Å². The first-order valence-corrected chi connectivity index (χ1v) is 7.00. The Hall–Kier alpha value is -0.680. The lowest BCUT2D eigenvalue weighted by Gasteiger charge is -2.30. The molecule has 0 aliphatic heterocycles. The van der Waals surface area contributed by atoms with Crippen LogP contribution in [0.4, 0.5) is 0 Å². The average molecular weight is 271 g/mol. The third kappa shape index (κ3) is 8.94. The van der Waals surface area contributed by atoms with E-state index in [1.54, 1.807) is 12.2 Å². The Balaban J connectivity index is 4.29. The summed E-state index contributed by atoms with van der Waals surface area (Å²) in [6, 6.07) is 0. The Kier molecular flexibility index (Phi) is 10.8. The van der Waals surface area contributed by atoms with Gasteiger partial charge in [-0.1, -0.05) is 12.2 Å². The smallest absolute Gasteiger partial charge is 0.0728 e. The largest absolute Gasteiger partial charge is 0.396 e. The van der Waals surface area contributed by atoms with E-state index in [2.05, 4.69) is 18.1 Å². The molecule has 0 aliphatic rings. The van der Waals surface area contributed by atoms with Crippen LogP contribution in [0, 0.1) is 0 Å². The van der Waals surface area contributed by atoms with Crippen LogP contribution in [-0.2, 0) is 0 Å². The van der Waals surface area contributed by atoms with Crippen LogP contribution >= 0.6 is 0 Å². The molecule has 4 nitrogen and oxygen atoms in total. The van der Waals surface area contributed by atoms with Gasteiger partial charge in [-0.3, -0.25) is 0 Å². The molecule has 0 bridgehead atoms. The molecular weight excluding hydrogens is 242 g/mol. The molecule has 0 aliphatic carbocycles. The molecular formula is C15H29NO3. The van der Waals surface area contributed by atoms with Crippen LogP contribution in [0.5, 0.6) is 0 Å². The van der Waals surface area contributed by atoms with Crippen LogP contribution in [0.1, 0.15) is 32.1 Å². The molecule has 0 heterocycles. The molecule has 3 N–H and O–H groups in total. The topological polar surface area (TPSA) is 63.9 Å². The van der Waals surface area contributed by atoms with E-state index < -0.39 is 5.60 Å². The quantitative estimate of drug-likeness (QED) is 0.442. The normalized spacial score (nSPS) is 11.8. The zero-order valence-electron chi connectivity index (χ0n) is 11.9. The molecule has 0 amide bonds. The highest BCUT2D eigenvalue weighted by Gasteiger charge is 2.24. The lowest BCUT2D eigenvalue weighted by molar-refractivity contribution is 0.0257. The van der Waals surface area contributed by atoms with E-state index in [4.69, 9.17) is 10.2 Å². The first-order chi connectivity index (χ1) is 9.11. The molecule has 0 aromatic rings. The molecule has 0 unspecified atom stereocenters. The fourth-order valence-corrected chi connectivity index (χ4v) is 2.12. The van der Waals surface area contributed by atoms with Crippen molar-refractivity contribution in [3.63, 3.8) is 0 Å². The summed E-state index contributed by atoms with van der Waals surface area (Å²) in [5, 5.41) is 28.2. The van der Waals surface area contributed by atoms with Crippen molar-refractivity contribution in [1.29, 1.82) is 0 Å². The summed E-state index contributed by atoms with van der Waals surface area (Å²) in [7, 11) is 0. The van der Waals surface area contributed by atoms with Crippen molar-refractivity contribution < 1.29 is 15.3 Å². The maximum Gasteiger partial charge on any atom is 0.0728 e. The number of hydrogen-bond donors (Lipinski definition) is 3. The van der Waals surface area contributed by atoms with E-state index in [-0.39, 0.29) is 13.2 Å². The summed E-state index contributed by atoms with van der Waals surface area (Å²) in [6.45, 7) is 10.0. The second-order valence-electron chi connectivity index (χ2n) is 4.96. The van der Waals surface area contributed by atoms with Gasteiger partial charge in [-0.15, -0.1) is 13.2 Å². The van der Waals surface area contributed by atoms with Crippen molar-refractivity contribution in [2.24, 2.45) is 0 Å². The average Bonchev–Trinajstić information content (AvgIpc) is 2.38. The van der Waals surface area contributed by atoms with Crippen molar-refractivity contribution in [1.82, 2.24) is 4.90 Å². The van der Waals surface area contributed by atoms with E-state index in [1.807, 2.05) is 0 Å². The highest BCUT2D eigenvalue weighted by Crippen LogP contribution is 2.21. The van der Waals surface area contributed by atoms with Crippen LogP contribution in [0.3, 0.4) is 0 Å². The monoisotopic (exact) mass is 271 g/mol. The van der Waals surface area contributed by atoms with Crippen LogP contribution in [0.15, 0.2) is 25.3 Å². The second kappa shape index (κ2) is 11.2. The summed E-state index contributed by atoms with van der Waals surface area (Å²) in [4.78, 5) is 2.17. The van der Waals surface area contributed by atoms with Gasteiger partial charge in [0, 0.05) is 32.8 Å². The van der Waals surface area contributed by atoms with Crippen molar-refractivity contribution in [2.45, 2.75) is 37.7 Å². The van der Waals surface area contributed by atoms with E-state index in [1.165, 1.54) is 0 Å². The maximum absolute atomic E-state index is 10.4. The number of rotatable bonds is 13. The second-order valence-corrected chi connectivity index (χ2v) is 4.96. The van der Waals surface area contributed by atoms with Crippen molar-refractivity contribution >= 4 is 0 Å². The fourth-order valence-electron chi connectivity index (χ4n) is 2.12. The van der Waals surface area contributed by atoms with Gasteiger partial charge >= 0.3 is 0 Å². The molecule has 0 saturated carbocycles. The first-order valence-electron chi connectivity index (χ1n) is 7.00. The fraction of sp³-hybridized carbons (Fsp3) is 0.733. The van der Waals surface area contributed by atoms with E-state index in [0.29, 0.717) is 32.1 Å². The van der Waals surface area contributed by atoms with E-state index in [0.717, 1.165) is 19.6 Å². The van der Waals surface area contributed by atoms with Gasteiger partial charge in [-0.05, 0) is 32.1 Å². The van der Waals surface area contributed by atoms with Crippen molar-refractivity contribution in [2.75, 3.05) is 32.8 Å². The van der Waals surface area contributed by atoms with Gasteiger partial charge in [-0.2, -0.15) is 0 Å². The molecule has 19 heavy (non-hydrogen) atoms. The molecule has 0 aromatic carbocycles. The highest BCUT2D eigenvalue weighted by molar-refractivity contribution is 4.92. The third-order valence-corrected chi connectivity index (χ3v) is 3.21. The molecule has 0 atom stereocenters. The molecule has 0 rings (SSSR count). The summed E-state index contributed by atoms with van der Waals surface area (Å²) in [5.74, 6) is 0. The first kappa shape index (κ1) is 18.3. The molecule has 112 valence electrons. The van der Waals surface area contributed by atoms with Gasteiger partial charge in [0.1, 0.15) is 0 Å². The minimum atomic E-state index is -0.778. The maximum atomic E-state index is 10.4. The standard InChI is InChI=1S/C15H29NO3/c1-3-7-15(19,8-4-2)9-12-16(10-5-13-17)11-6-14-18/h3-4,17-19H,1-2,5-14H2. The highest BCUT2D eigenvalue weighted by atomic mass is 16.3. The van der Waals surface area contributed by atoms with Crippen molar-refractivity contribution in [3.05, 3.63) is 25.3 Å². The lowest BCUT2D eigenvalue weighted by atomic mass is 9.91. The molecule has 0 radical (unpaired) electrons. The van der Waals surface area contributed by atoms with Gasteiger partial charge in [0.25, 0.3) is 0 Å². The van der Waals surface area contributed by atoms with Crippen molar-refractivity contribution in [3.8, 4) is 0 Å². The van der Waals surface area contributed by atoms with Gasteiger partial charge in [-0.25, -0.2) is 0 Å². The predicted molar refractivity (Wildman–Crippen MR) is 79.0 cm³/mol. The zero-order valence-corrected chi connectivity index (χ0v) is 11.9. The van der Waals surface area contributed by atoms with Gasteiger partial charge in [0.2, 0.25) is 0 Å². The molecule has 0 fully saturated rings. The molecule has 0 saturated heterocycles. The minimum absolute atomic E-state index is 0.166. The molecule has 0 aromatic heterocycles. The summed E-state index contributed by atoms with van der Waals surface area (Å²) in [5.41, 5.74) is -0.778. The van der Waals surface area contributed by atoms with E-state index >= 15 is 0 Å². The summed E-state index contributed by atoms with van der Waals surface area (Å²) in [6.07, 6.45) is 6.63. The number of nitrogens with zero attached hydrogens (tertiary/aromatic N) is 1. The van der Waals surface area contributed by atoms with Crippen LogP contribution in [0.25, 0.3) is 0 Å². The lowest BCUT2D eigenvalue weighted by Crippen LogP contribution is -2.36. The zero-order chi connectivity index (χ0) is 14.6. The van der Waals surface area contributed by atoms with Gasteiger partial charge in [0.05, 0.1) is 5.60 Å². The SMILES string of the molecule is C=CCC(O)(CC=C)CCN(CCCO)CCCO. The predicted octanol–water partition coefficient (Wildman–Crippen LogP) is 1.33. The number of aliphatic hydroxyl groups excluding tert-OH is 2. The molecule has 4 heteroatoms. The Morgan fingerprint density at radius 1 is 0.895 bits per heavy atom. The summed E-state index contributed by atoms with van der Waals surface area (Å²) < 4.78 is 0. The summed E-state index contributed by atoms with van der Waals surface area (Å²) >= 11 is 0. The van der Waals surface area contributed by atoms with Crippen LogP contribution in [0.2, 0.25) is 0 Å². The Morgan fingerprint density at radius 2 is 1.37 bits per heavy atom. The van der Waals surface area contributed by atoms with E-state index in [9.17, 15) is 5.11 Å². The Morgan fingerprint density at radius 3 is 1.74 bits per heavy atom. The number of aliphatic hydroxyl groups is 3. The number of hydrogen-bond acceptors (Lipinski definition) is 4. The Labute approximate surface area is 117 Å². The molecule has 0 spiro atoms. The Bertz CT molecular complexity index is 226. The minimum Gasteiger partial charge on any atom is -0.396 e. The third-order valence-electron chi connectivity index (χ3n) is 3.21.